The standard InChI is InChI=1S/C14H24N2O4/c1-14(13(18)19)4-8-16(9-5-14)12(17)10-20-11-2-6-15-7-3-11/h11,15H,2-10H2,1H3,(H,18,19). The molecule has 0 unspecified atom stereocenters. The maximum absolute atomic E-state index is 12.1. The van der Waals surface area contributed by atoms with Gasteiger partial charge in [-0.15, -0.1) is 0 Å². The summed E-state index contributed by atoms with van der Waals surface area (Å²) in [5.41, 5.74) is -0.688. The van der Waals surface area contributed by atoms with Gasteiger partial charge in [-0.05, 0) is 45.7 Å². The summed E-state index contributed by atoms with van der Waals surface area (Å²) in [5, 5.41) is 12.4. The number of hydrogen-bond acceptors (Lipinski definition) is 4. The Kier molecular flexibility index (Phi) is 4.99. The van der Waals surface area contributed by atoms with Gasteiger partial charge in [0, 0.05) is 13.1 Å². The lowest BCUT2D eigenvalue weighted by Gasteiger charge is -2.36. The first kappa shape index (κ1) is 15.3. The third-order valence-electron chi connectivity index (χ3n) is 4.46. The van der Waals surface area contributed by atoms with Crippen molar-refractivity contribution in [2.45, 2.75) is 38.7 Å². The minimum atomic E-state index is -0.768. The fourth-order valence-corrected chi connectivity index (χ4v) is 2.71. The van der Waals surface area contributed by atoms with Gasteiger partial charge in [0.1, 0.15) is 6.61 Å². The van der Waals surface area contributed by atoms with Crippen molar-refractivity contribution < 1.29 is 19.4 Å². The quantitative estimate of drug-likeness (QED) is 0.784. The van der Waals surface area contributed by atoms with Crippen LogP contribution in [0.2, 0.25) is 0 Å². The van der Waals surface area contributed by atoms with Crippen molar-refractivity contribution in [1.29, 1.82) is 0 Å². The molecule has 0 aliphatic carbocycles. The van der Waals surface area contributed by atoms with Gasteiger partial charge in [-0.25, -0.2) is 0 Å². The summed E-state index contributed by atoms with van der Waals surface area (Å²) in [5.74, 6) is -0.786. The average molecular weight is 284 g/mol. The number of carboxylic acid groups (broad SMARTS) is 1. The van der Waals surface area contributed by atoms with Crippen LogP contribution in [0.25, 0.3) is 0 Å². The van der Waals surface area contributed by atoms with Crippen molar-refractivity contribution >= 4 is 11.9 Å². The first-order chi connectivity index (χ1) is 9.51. The average Bonchev–Trinajstić information content (AvgIpc) is 2.46. The van der Waals surface area contributed by atoms with E-state index in [1.807, 2.05) is 0 Å². The first-order valence-corrected chi connectivity index (χ1v) is 7.35. The molecule has 6 heteroatoms. The maximum atomic E-state index is 12.1. The zero-order valence-corrected chi connectivity index (χ0v) is 12.1. The van der Waals surface area contributed by atoms with E-state index < -0.39 is 11.4 Å². The Labute approximate surface area is 119 Å². The van der Waals surface area contributed by atoms with E-state index in [1.165, 1.54) is 0 Å². The second kappa shape index (κ2) is 6.54. The highest BCUT2D eigenvalue weighted by atomic mass is 16.5. The summed E-state index contributed by atoms with van der Waals surface area (Å²) in [6.07, 6.45) is 3.10. The molecule has 0 aromatic carbocycles. The topological polar surface area (TPSA) is 78.9 Å². The van der Waals surface area contributed by atoms with Crippen LogP contribution in [0, 0.1) is 5.41 Å². The molecule has 0 atom stereocenters. The molecular weight excluding hydrogens is 260 g/mol. The molecule has 0 aromatic rings. The van der Waals surface area contributed by atoms with Crippen LogP contribution in [-0.4, -0.2) is 60.8 Å². The zero-order chi connectivity index (χ0) is 14.6. The van der Waals surface area contributed by atoms with Gasteiger partial charge in [0.05, 0.1) is 11.5 Å². The lowest BCUT2D eigenvalue weighted by Crippen LogP contribution is -2.46. The molecule has 2 fully saturated rings. The van der Waals surface area contributed by atoms with Gasteiger partial charge >= 0.3 is 5.97 Å². The Morgan fingerprint density at radius 2 is 1.90 bits per heavy atom. The maximum Gasteiger partial charge on any atom is 0.309 e. The molecule has 0 spiro atoms. The Hall–Kier alpha value is -1.14. The number of carbonyl (C=O) groups is 2. The summed E-state index contributed by atoms with van der Waals surface area (Å²) in [7, 11) is 0. The fraction of sp³-hybridized carbons (Fsp3) is 0.857. The number of nitrogens with zero attached hydrogens (tertiary/aromatic N) is 1. The molecule has 2 aliphatic rings. The molecule has 0 saturated carbocycles. The summed E-state index contributed by atoms with van der Waals surface area (Å²) >= 11 is 0. The number of amides is 1. The third-order valence-corrected chi connectivity index (χ3v) is 4.46. The predicted octanol–water partition coefficient (Wildman–Crippen LogP) is 0.468. The van der Waals surface area contributed by atoms with Crippen LogP contribution in [0.1, 0.15) is 32.6 Å². The molecule has 6 nitrogen and oxygen atoms in total. The Bertz CT molecular complexity index is 358. The molecular formula is C14H24N2O4. The van der Waals surface area contributed by atoms with Crippen molar-refractivity contribution in [3.63, 3.8) is 0 Å². The van der Waals surface area contributed by atoms with E-state index in [0.717, 1.165) is 25.9 Å². The molecule has 2 saturated heterocycles. The van der Waals surface area contributed by atoms with Crippen LogP contribution in [0.3, 0.4) is 0 Å². The molecule has 2 N–H and O–H groups in total. The number of hydrogen-bond donors (Lipinski definition) is 2. The lowest BCUT2D eigenvalue weighted by atomic mass is 9.80. The molecule has 0 bridgehead atoms. The predicted molar refractivity (Wildman–Crippen MR) is 73.4 cm³/mol. The van der Waals surface area contributed by atoms with Crippen molar-refractivity contribution in [2.24, 2.45) is 5.41 Å². The van der Waals surface area contributed by atoms with Gasteiger partial charge in [-0.3, -0.25) is 9.59 Å². The molecule has 1 amide bonds. The van der Waals surface area contributed by atoms with E-state index >= 15 is 0 Å². The molecule has 0 aromatic heterocycles. The lowest BCUT2D eigenvalue weighted by molar-refractivity contribution is -0.154. The van der Waals surface area contributed by atoms with E-state index in [4.69, 9.17) is 9.84 Å². The Morgan fingerprint density at radius 3 is 2.45 bits per heavy atom. The van der Waals surface area contributed by atoms with E-state index in [2.05, 4.69) is 5.32 Å². The van der Waals surface area contributed by atoms with E-state index in [-0.39, 0.29) is 18.6 Å². The molecule has 2 aliphatic heterocycles. The summed E-state index contributed by atoms with van der Waals surface area (Å²) < 4.78 is 5.65. The number of likely N-dealkylation sites (tertiary alicyclic amines) is 1. The van der Waals surface area contributed by atoms with Crippen LogP contribution in [0.15, 0.2) is 0 Å². The smallest absolute Gasteiger partial charge is 0.309 e. The molecule has 0 radical (unpaired) electrons. The van der Waals surface area contributed by atoms with Crippen LogP contribution >= 0.6 is 0 Å². The number of carbonyl (C=O) groups excluding carboxylic acids is 1. The highest BCUT2D eigenvalue weighted by molar-refractivity contribution is 5.79. The Balaban J connectivity index is 1.73. The van der Waals surface area contributed by atoms with E-state index in [0.29, 0.717) is 25.9 Å². The van der Waals surface area contributed by atoms with Crippen LogP contribution in [0.4, 0.5) is 0 Å². The number of piperidine rings is 2. The third kappa shape index (κ3) is 3.70. The van der Waals surface area contributed by atoms with Crippen molar-refractivity contribution in [3.05, 3.63) is 0 Å². The molecule has 20 heavy (non-hydrogen) atoms. The van der Waals surface area contributed by atoms with Crippen LogP contribution in [0.5, 0.6) is 0 Å². The second-order valence-corrected chi connectivity index (χ2v) is 6.01. The van der Waals surface area contributed by atoms with Gasteiger partial charge < -0.3 is 20.1 Å². The molecule has 2 heterocycles. The van der Waals surface area contributed by atoms with Gasteiger partial charge in [0.15, 0.2) is 0 Å². The van der Waals surface area contributed by atoms with Crippen molar-refractivity contribution in [2.75, 3.05) is 32.8 Å². The number of ether oxygens (including phenoxy) is 1. The number of carboxylic acids is 1. The van der Waals surface area contributed by atoms with Gasteiger partial charge in [-0.2, -0.15) is 0 Å². The highest BCUT2D eigenvalue weighted by Crippen LogP contribution is 2.31. The molecule has 114 valence electrons. The SMILES string of the molecule is CC1(C(=O)O)CCN(C(=O)COC2CCNCC2)CC1. The van der Waals surface area contributed by atoms with Crippen LogP contribution in [-0.2, 0) is 14.3 Å². The number of rotatable bonds is 4. The summed E-state index contributed by atoms with van der Waals surface area (Å²) in [6, 6.07) is 0. The summed E-state index contributed by atoms with van der Waals surface area (Å²) in [6.45, 7) is 4.78. The fourth-order valence-electron chi connectivity index (χ4n) is 2.71. The monoisotopic (exact) mass is 284 g/mol. The minimum absolute atomic E-state index is 0.0176. The first-order valence-electron chi connectivity index (χ1n) is 7.35. The van der Waals surface area contributed by atoms with E-state index in [9.17, 15) is 9.59 Å². The Morgan fingerprint density at radius 1 is 1.30 bits per heavy atom. The molecule has 2 rings (SSSR count). The van der Waals surface area contributed by atoms with Gasteiger partial charge in [0.2, 0.25) is 5.91 Å². The van der Waals surface area contributed by atoms with E-state index in [1.54, 1.807) is 11.8 Å². The van der Waals surface area contributed by atoms with Gasteiger partial charge in [0.25, 0.3) is 0 Å². The second-order valence-electron chi connectivity index (χ2n) is 6.01. The minimum Gasteiger partial charge on any atom is -0.481 e. The number of nitrogens with one attached hydrogen (secondary N) is 1. The largest absolute Gasteiger partial charge is 0.481 e. The van der Waals surface area contributed by atoms with Gasteiger partial charge in [-0.1, -0.05) is 0 Å². The van der Waals surface area contributed by atoms with Crippen molar-refractivity contribution in [1.82, 2.24) is 10.2 Å². The highest BCUT2D eigenvalue weighted by Gasteiger charge is 2.38. The summed E-state index contributed by atoms with van der Waals surface area (Å²) in [4.78, 5) is 24.9. The normalized spacial score (nSPS) is 23.6. The van der Waals surface area contributed by atoms with Crippen LogP contribution < -0.4 is 5.32 Å². The van der Waals surface area contributed by atoms with Crippen molar-refractivity contribution in [3.8, 4) is 0 Å². The number of aliphatic carboxylic acids is 1. The zero-order valence-electron chi connectivity index (χ0n) is 12.1.